The Balaban J connectivity index is 0.00000177. The molecule has 10 atom stereocenters. The Morgan fingerprint density at radius 3 is 2.11 bits per heavy atom. The van der Waals surface area contributed by atoms with Crippen LogP contribution in [0.4, 0.5) is 0 Å². The lowest BCUT2D eigenvalue weighted by atomic mass is 9.33. The maximum atomic E-state index is 14.5. The summed E-state index contributed by atoms with van der Waals surface area (Å²) in [4.78, 5) is 58.7. The van der Waals surface area contributed by atoms with E-state index >= 15 is 0 Å². The number of allylic oxidation sites excluding steroid dienone is 2. The van der Waals surface area contributed by atoms with Gasteiger partial charge < -0.3 is 9.84 Å². The number of aliphatic hydroxyl groups is 1. The van der Waals surface area contributed by atoms with Crippen LogP contribution in [-0.4, -0.2) is 41.5 Å². The first kappa shape index (κ1) is 43.7. The quantitative estimate of drug-likeness (QED) is 0.248. The van der Waals surface area contributed by atoms with E-state index in [4.69, 9.17) is 14.3 Å². The molecule has 1 aromatic carbocycles. The number of carbonyl (C=O) groups is 3. The minimum absolute atomic E-state index is 0.0141. The molecule has 0 saturated heterocycles. The van der Waals surface area contributed by atoms with E-state index in [1.54, 1.807) is 0 Å². The summed E-state index contributed by atoms with van der Waals surface area (Å²) < 4.78 is 6.65. The SMILES string of the molecule is CC(C)C1=C2[C@H]3CC[C@@H]4[C@@]5(C)CC[C@H](OC(=O)[C@H]6C[C@@H](Cc7ccccc7)C6(C)C)C(C)(C)[C@@H]5CC[C@@]4(C)[C@]3(C)CC[C@@]2(C(=O)CC(C)(C)CO)CC1=O.O=C=O. The third kappa shape index (κ3) is 6.77. The second-order valence-corrected chi connectivity index (χ2v) is 22.6. The minimum atomic E-state index is -0.710. The van der Waals surface area contributed by atoms with Crippen LogP contribution in [0.3, 0.4) is 0 Å². The molecule has 5 saturated carbocycles. The van der Waals surface area contributed by atoms with Gasteiger partial charge in [-0.25, -0.2) is 0 Å². The number of fused-ring (bicyclic) bond motifs is 7. The number of benzene rings is 1. The van der Waals surface area contributed by atoms with E-state index in [1.165, 1.54) is 11.1 Å². The molecule has 0 spiro atoms. The second kappa shape index (κ2) is 15.0. The lowest BCUT2D eigenvalue weighted by molar-refractivity contribution is -0.236. The lowest BCUT2D eigenvalue weighted by Crippen LogP contribution is -2.66. The van der Waals surface area contributed by atoms with Crippen molar-refractivity contribution in [1.82, 2.24) is 0 Å². The number of Topliss-reactive ketones (excluding diaryl/α,β-unsaturated/α-hetero) is 2. The molecule has 0 unspecified atom stereocenters. The molecular weight excluding hydrogens is 713 g/mol. The number of ether oxygens (including phenoxy) is 1. The monoisotopic (exact) mass is 785 g/mol. The van der Waals surface area contributed by atoms with Gasteiger partial charge >= 0.3 is 12.1 Å². The fraction of sp³-hybridized carbons (Fsp3) is 0.760. The smallest absolute Gasteiger partial charge is 0.373 e. The van der Waals surface area contributed by atoms with Gasteiger partial charge in [-0.3, -0.25) is 14.4 Å². The molecule has 7 nitrogen and oxygen atoms in total. The van der Waals surface area contributed by atoms with E-state index in [2.05, 4.69) is 92.6 Å². The zero-order valence-electron chi connectivity index (χ0n) is 37.0. The third-order valence-corrected chi connectivity index (χ3v) is 18.3. The number of esters is 1. The van der Waals surface area contributed by atoms with E-state index in [9.17, 15) is 19.5 Å². The Morgan fingerprint density at radius 1 is 0.860 bits per heavy atom. The van der Waals surface area contributed by atoms with Crippen LogP contribution in [0.15, 0.2) is 41.5 Å². The van der Waals surface area contributed by atoms with Gasteiger partial charge in [-0.1, -0.05) is 106 Å². The number of ketones is 2. The summed E-state index contributed by atoms with van der Waals surface area (Å²) in [6.07, 6.45) is 10.8. The minimum Gasteiger partial charge on any atom is -0.462 e. The topological polar surface area (TPSA) is 115 Å². The normalized spacial score (nSPS) is 38.9. The van der Waals surface area contributed by atoms with Gasteiger partial charge in [0.2, 0.25) is 0 Å². The molecular formula is C50H72O7. The molecule has 6 aliphatic carbocycles. The predicted octanol–water partition coefficient (Wildman–Crippen LogP) is 10.2. The summed E-state index contributed by atoms with van der Waals surface area (Å²) in [7, 11) is 0. The van der Waals surface area contributed by atoms with E-state index in [0.717, 1.165) is 69.8 Å². The summed E-state index contributed by atoms with van der Waals surface area (Å²) in [6, 6.07) is 10.7. The highest BCUT2D eigenvalue weighted by atomic mass is 16.5. The molecule has 7 heteroatoms. The highest BCUT2D eigenvalue weighted by molar-refractivity contribution is 6.07. The standard InChI is InChI=1S/C49H72O5.CO2/c1-30(2)40-35(51)27-49(38(52)28-43(3,4)29-50)24-23-47(10)33(41(40)49)17-18-37-46(9)21-20-39(45(7,8)36(46)19-22-48(37,47)11)54-42(53)34-26-32(44(34,5)6)25-31-15-13-12-14-16-31;2-1-3/h12-16,30,32-34,36-37,39,50H,17-29H2,1-11H3;/t32-,33-,34-,36+,37-,39+,46+,47-,48-,49+;/m1./s1. The van der Waals surface area contributed by atoms with Crippen molar-refractivity contribution in [3.63, 3.8) is 0 Å². The Morgan fingerprint density at radius 2 is 1.51 bits per heavy atom. The number of aliphatic hydroxyl groups excluding tert-OH is 1. The molecule has 0 radical (unpaired) electrons. The average molecular weight is 785 g/mol. The van der Waals surface area contributed by atoms with Gasteiger partial charge in [0.15, 0.2) is 5.78 Å². The van der Waals surface area contributed by atoms with Gasteiger partial charge in [0.1, 0.15) is 11.9 Å². The Labute approximate surface area is 342 Å². The van der Waals surface area contributed by atoms with E-state index < -0.39 is 10.8 Å². The molecule has 1 aromatic rings. The number of rotatable bonds is 9. The van der Waals surface area contributed by atoms with Crippen molar-refractivity contribution >= 4 is 23.7 Å². The fourth-order valence-corrected chi connectivity index (χ4v) is 14.7. The maximum absolute atomic E-state index is 14.5. The molecule has 314 valence electrons. The van der Waals surface area contributed by atoms with E-state index in [-0.39, 0.29) is 81.2 Å². The molecule has 57 heavy (non-hydrogen) atoms. The Bertz CT molecular complexity index is 1800. The van der Waals surface area contributed by atoms with E-state index in [0.29, 0.717) is 30.6 Å². The molecule has 0 aliphatic heterocycles. The van der Waals surface area contributed by atoms with Crippen LogP contribution in [0.1, 0.15) is 152 Å². The van der Waals surface area contributed by atoms with E-state index in [1.807, 2.05) is 13.8 Å². The first-order chi connectivity index (χ1) is 26.5. The van der Waals surface area contributed by atoms with Crippen molar-refractivity contribution in [1.29, 1.82) is 0 Å². The van der Waals surface area contributed by atoms with Crippen LogP contribution in [-0.2, 0) is 35.1 Å². The van der Waals surface area contributed by atoms with Crippen molar-refractivity contribution < 1.29 is 33.8 Å². The maximum Gasteiger partial charge on any atom is 0.373 e. The largest absolute Gasteiger partial charge is 0.462 e. The molecule has 7 rings (SSSR count). The van der Waals surface area contributed by atoms with Crippen LogP contribution < -0.4 is 0 Å². The summed E-state index contributed by atoms with van der Waals surface area (Å²) in [6.45, 7) is 25.2. The second-order valence-electron chi connectivity index (χ2n) is 22.6. The van der Waals surface area contributed by atoms with Crippen molar-refractivity contribution in [3.8, 4) is 0 Å². The fourth-order valence-electron chi connectivity index (χ4n) is 14.7. The molecule has 6 aliphatic rings. The van der Waals surface area contributed by atoms with Gasteiger partial charge in [0, 0.05) is 24.9 Å². The third-order valence-electron chi connectivity index (χ3n) is 18.3. The number of hydrogen-bond acceptors (Lipinski definition) is 7. The highest BCUT2D eigenvalue weighted by Crippen LogP contribution is 2.77. The van der Waals surface area contributed by atoms with Crippen LogP contribution in [0.2, 0.25) is 0 Å². The van der Waals surface area contributed by atoms with Crippen molar-refractivity contribution in [2.75, 3.05) is 6.61 Å². The number of hydrogen-bond donors (Lipinski definition) is 1. The van der Waals surface area contributed by atoms with Crippen LogP contribution in [0, 0.1) is 73.4 Å². The summed E-state index contributed by atoms with van der Waals surface area (Å²) in [5, 5.41) is 10.1. The van der Waals surface area contributed by atoms with Gasteiger partial charge in [-0.2, -0.15) is 9.59 Å². The zero-order chi connectivity index (χ0) is 42.1. The highest BCUT2D eigenvalue weighted by Gasteiger charge is 2.71. The average Bonchev–Trinajstić information content (AvgIpc) is 3.45. The molecule has 1 N–H and O–H groups in total. The van der Waals surface area contributed by atoms with Crippen LogP contribution >= 0.6 is 0 Å². The number of carbonyl (C=O) groups excluding carboxylic acids is 5. The van der Waals surface area contributed by atoms with Crippen molar-refractivity contribution in [3.05, 3.63) is 47.0 Å². The molecule has 5 fully saturated rings. The Kier molecular flexibility index (Phi) is 11.5. The molecule has 0 bridgehead atoms. The summed E-state index contributed by atoms with van der Waals surface area (Å²) in [5.41, 5.74) is 2.28. The van der Waals surface area contributed by atoms with Gasteiger partial charge in [0.25, 0.3) is 0 Å². The van der Waals surface area contributed by atoms with Crippen molar-refractivity contribution in [2.45, 2.75) is 159 Å². The van der Waals surface area contributed by atoms with Crippen LogP contribution in [0.5, 0.6) is 0 Å². The summed E-state index contributed by atoms with van der Waals surface area (Å²) in [5.74, 6) is 2.12. The van der Waals surface area contributed by atoms with Crippen molar-refractivity contribution in [2.24, 2.45) is 73.4 Å². The molecule has 0 aromatic heterocycles. The molecule has 0 amide bonds. The Hall–Kier alpha value is -2.89. The predicted molar refractivity (Wildman–Crippen MR) is 220 cm³/mol. The molecule has 0 heterocycles. The first-order valence-electron chi connectivity index (χ1n) is 22.2. The van der Waals surface area contributed by atoms with Gasteiger partial charge in [-0.05, 0) is 138 Å². The van der Waals surface area contributed by atoms with Crippen LogP contribution in [0.25, 0.3) is 0 Å². The summed E-state index contributed by atoms with van der Waals surface area (Å²) >= 11 is 0. The first-order valence-corrected chi connectivity index (χ1v) is 22.2. The zero-order valence-corrected chi connectivity index (χ0v) is 37.0. The lowest BCUT2D eigenvalue weighted by Gasteiger charge is -2.72. The van der Waals surface area contributed by atoms with Gasteiger partial charge in [-0.15, -0.1) is 0 Å². The van der Waals surface area contributed by atoms with Gasteiger partial charge in [0.05, 0.1) is 11.3 Å².